The topological polar surface area (TPSA) is 123 Å². The Morgan fingerprint density at radius 3 is 2.32 bits per heavy atom. The molecule has 2 N–H and O–H groups in total. The van der Waals surface area contributed by atoms with Gasteiger partial charge in [0.2, 0.25) is 5.88 Å². The minimum atomic E-state index is -2.85. The predicted octanol–water partition coefficient (Wildman–Crippen LogP) is 3.17. The van der Waals surface area contributed by atoms with Crippen LogP contribution in [0.25, 0.3) is 11.3 Å². The average Bonchev–Trinajstić information content (AvgIpc) is 2.67. The summed E-state index contributed by atoms with van der Waals surface area (Å²) in [5.74, 6) is -0.0795. The Labute approximate surface area is 182 Å². The highest BCUT2D eigenvalue weighted by Gasteiger charge is 2.18. The Bertz CT molecular complexity index is 1280. The fraction of sp³-hybridized carbons (Fsp3) is 0.278. The van der Waals surface area contributed by atoms with Crippen LogP contribution in [0.1, 0.15) is 25.3 Å². The Hall–Kier alpha value is -3.05. The summed E-state index contributed by atoms with van der Waals surface area (Å²) >= 11 is 12.5. The number of nitrogens with zero attached hydrogens (tertiary/aromatic N) is 3. The zero-order valence-corrected chi connectivity index (χ0v) is 17.6. The highest BCUT2D eigenvalue weighted by atomic mass is 35.5. The van der Waals surface area contributed by atoms with Crippen molar-refractivity contribution < 1.29 is 13.5 Å². The minimum absolute atomic E-state index is 0.0151. The van der Waals surface area contributed by atoms with E-state index in [9.17, 15) is 23.2 Å². The van der Waals surface area contributed by atoms with Gasteiger partial charge in [0.15, 0.2) is 11.4 Å². The summed E-state index contributed by atoms with van der Waals surface area (Å²) in [4.78, 5) is 37.5. The Morgan fingerprint density at radius 2 is 1.74 bits per heavy atom. The summed E-state index contributed by atoms with van der Waals surface area (Å²) < 4.78 is 31.3. The molecule has 0 amide bonds. The maximum atomic E-state index is 12.6. The lowest BCUT2D eigenvalue weighted by Crippen LogP contribution is -2.35. The van der Waals surface area contributed by atoms with E-state index in [0.717, 1.165) is 0 Å². The molecule has 1 aromatic carbocycles. The smallest absolute Gasteiger partial charge is 0.344 e. The molecule has 2 aromatic heterocycles. The van der Waals surface area contributed by atoms with Gasteiger partial charge in [-0.3, -0.25) is 14.6 Å². The van der Waals surface area contributed by atoms with Gasteiger partial charge in [0, 0.05) is 17.2 Å². The molecule has 31 heavy (non-hydrogen) atoms. The number of alkyl halides is 2. The van der Waals surface area contributed by atoms with Crippen molar-refractivity contribution in [2.75, 3.05) is 0 Å². The summed E-state index contributed by atoms with van der Waals surface area (Å²) in [5.41, 5.74) is -2.16. The largest absolute Gasteiger partial charge is 0.434 e. The molecule has 2 heterocycles. The van der Waals surface area contributed by atoms with Gasteiger partial charge in [-0.05, 0) is 18.1 Å². The molecule has 3 aromatic rings. The van der Waals surface area contributed by atoms with Crippen LogP contribution in [-0.4, -0.2) is 31.4 Å². The molecule has 0 aliphatic heterocycles. The van der Waals surface area contributed by atoms with Crippen LogP contribution in [0.2, 0.25) is 10.0 Å². The summed E-state index contributed by atoms with van der Waals surface area (Å²) in [6, 6.07) is 3.98. The van der Waals surface area contributed by atoms with Crippen molar-refractivity contribution in [2.45, 2.75) is 32.7 Å². The SMILES string of the molecule is CC(C)c1cc(Oc2c(Cl)cc(-c3nn(CC(F)F)c(=O)[nH]c3=O)cc2Cl)n[nH]c1=O. The third-order valence-electron chi connectivity index (χ3n) is 4.11. The van der Waals surface area contributed by atoms with Crippen molar-refractivity contribution in [3.8, 4) is 22.9 Å². The van der Waals surface area contributed by atoms with Crippen molar-refractivity contribution in [1.82, 2.24) is 25.0 Å². The first-order valence-corrected chi connectivity index (χ1v) is 9.59. The molecule has 0 unspecified atom stereocenters. The van der Waals surface area contributed by atoms with Gasteiger partial charge in [-0.25, -0.2) is 23.4 Å². The highest BCUT2D eigenvalue weighted by Crippen LogP contribution is 2.38. The molecular weight excluding hydrogens is 459 g/mol. The lowest BCUT2D eigenvalue weighted by atomic mass is 10.1. The first kappa shape index (κ1) is 22.6. The van der Waals surface area contributed by atoms with Crippen LogP contribution in [-0.2, 0) is 6.54 Å². The number of hydrogen-bond donors (Lipinski definition) is 2. The maximum Gasteiger partial charge on any atom is 0.344 e. The summed E-state index contributed by atoms with van der Waals surface area (Å²) in [5, 5.41) is 9.70. The molecule has 9 nitrogen and oxygen atoms in total. The predicted molar refractivity (Wildman–Crippen MR) is 110 cm³/mol. The first-order chi connectivity index (χ1) is 14.6. The third-order valence-corrected chi connectivity index (χ3v) is 4.67. The van der Waals surface area contributed by atoms with E-state index in [1.807, 2.05) is 18.8 Å². The highest BCUT2D eigenvalue weighted by molar-refractivity contribution is 6.37. The first-order valence-electron chi connectivity index (χ1n) is 8.83. The Balaban J connectivity index is 2.02. The number of ether oxygens (including phenoxy) is 1. The number of benzene rings is 1. The van der Waals surface area contributed by atoms with Crippen molar-refractivity contribution in [1.29, 1.82) is 0 Å². The molecule has 164 valence electrons. The third kappa shape index (κ3) is 5.00. The molecule has 0 fully saturated rings. The number of aromatic nitrogens is 5. The van der Waals surface area contributed by atoms with Crippen LogP contribution < -0.4 is 21.5 Å². The van der Waals surface area contributed by atoms with Crippen molar-refractivity contribution >= 4 is 23.2 Å². The molecule has 0 atom stereocenters. The summed E-state index contributed by atoms with van der Waals surface area (Å²) in [7, 11) is 0. The van der Waals surface area contributed by atoms with Gasteiger partial charge in [0.25, 0.3) is 17.5 Å². The fourth-order valence-corrected chi connectivity index (χ4v) is 3.22. The lowest BCUT2D eigenvalue weighted by molar-refractivity contribution is 0.119. The summed E-state index contributed by atoms with van der Waals surface area (Å²) in [6.45, 7) is 2.64. The van der Waals surface area contributed by atoms with E-state index in [4.69, 9.17) is 27.9 Å². The molecule has 13 heteroatoms. The maximum absolute atomic E-state index is 12.6. The monoisotopic (exact) mass is 473 g/mol. The van der Waals surface area contributed by atoms with Crippen LogP contribution in [0.4, 0.5) is 8.78 Å². The molecule has 0 radical (unpaired) electrons. The molecular formula is C18H15Cl2F2N5O4. The van der Waals surface area contributed by atoms with Gasteiger partial charge in [-0.15, -0.1) is 5.10 Å². The summed E-state index contributed by atoms with van der Waals surface area (Å²) in [6.07, 6.45) is -2.85. The number of nitrogens with one attached hydrogen (secondary N) is 2. The van der Waals surface area contributed by atoms with Gasteiger partial charge in [-0.1, -0.05) is 37.0 Å². The van der Waals surface area contributed by atoms with Crippen LogP contribution in [0, 0.1) is 0 Å². The molecule has 0 spiro atoms. The van der Waals surface area contributed by atoms with E-state index < -0.39 is 24.2 Å². The molecule has 3 rings (SSSR count). The van der Waals surface area contributed by atoms with Gasteiger partial charge in [0.1, 0.15) is 6.54 Å². The molecule has 0 saturated heterocycles. The van der Waals surface area contributed by atoms with Gasteiger partial charge in [0.05, 0.1) is 10.0 Å². The van der Waals surface area contributed by atoms with Crippen LogP contribution in [0.5, 0.6) is 11.6 Å². The second-order valence-corrected chi connectivity index (χ2v) is 7.51. The number of H-pyrrole nitrogens is 2. The second-order valence-electron chi connectivity index (χ2n) is 6.70. The molecule has 0 aliphatic rings. The molecule has 0 aliphatic carbocycles. The van der Waals surface area contributed by atoms with Crippen molar-refractivity contribution in [3.63, 3.8) is 0 Å². The van der Waals surface area contributed by atoms with Crippen molar-refractivity contribution in [3.05, 3.63) is 65.0 Å². The van der Waals surface area contributed by atoms with Gasteiger partial charge < -0.3 is 4.74 Å². The van der Waals surface area contributed by atoms with E-state index in [1.54, 1.807) is 0 Å². The zero-order valence-electron chi connectivity index (χ0n) is 16.1. The quantitative estimate of drug-likeness (QED) is 0.566. The number of aromatic amines is 2. The van der Waals surface area contributed by atoms with Crippen LogP contribution in [0.3, 0.4) is 0 Å². The van der Waals surface area contributed by atoms with Crippen LogP contribution in [0.15, 0.2) is 32.6 Å². The van der Waals surface area contributed by atoms with Crippen molar-refractivity contribution in [2.24, 2.45) is 0 Å². The van der Waals surface area contributed by atoms with E-state index >= 15 is 0 Å². The molecule has 0 bridgehead atoms. The zero-order chi connectivity index (χ0) is 22.9. The number of rotatable bonds is 6. The number of halogens is 4. The van der Waals surface area contributed by atoms with E-state index in [1.165, 1.54) is 18.2 Å². The van der Waals surface area contributed by atoms with Gasteiger partial charge in [-0.2, -0.15) is 5.10 Å². The van der Waals surface area contributed by atoms with Gasteiger partial charge >= 0.3 is 5.69 Å². The average molecular weight is 474 g/mol. The number of hydrogen-bond acceptors (Lipinski definition) is 6. The van der Waals surface area contributed by atoms with E-state index in [0.29, 0.717) is 10.2 Å². The standard InChI is InChI=1S/C18H15Cl2F2N5O4/c1-7(2)9-5-13(24-25-16(9)28)31-15-10(19)3-8(4-11(15)20)14-17(29)23-18(30)27(26-14)6-12(21)22/h3-5,7,12H,6H2,1-2H3,(H,25,28)(H,23,29,30). The Kier molecular flexibility index (Phi) is 6.56. The minimum Gasteiger partial charge on any atom is -0.434 e. The van der Waals surface area contributed by atoms with E-state index in [-0.39, 0.29) is 44.4 Å². The fourth-order valence-electron chi connectivity index (χ4n) is 2.66. The Morgan fingerprint density at radius 1 is 1.10 bits per heavy atom. The van der Waals surface area contributed by atoms with E-state index in [2.05, 4.69) is 15.3 Å². The molecule has 0 saturated carbocycles. The second kappa shape index (κ2) is 8.98. The lowest BCUT2D eigenvalue weighted by Gasteiger charge is -2.12. The van der Waals surface area contributed by atoms with Crippen LogP contribution >= 0.6 is 23.2 Å². The normalized spacial score (nSPS) is 11.4.